The van der Waals surface area contributed by atoms with Crippen molar-refractivity contribution in [3.05, 3.63) is 0 Å². The third-order valence-corrected chi connectivity index (χ3v) is 1.17. The van der Waals surface area contributed by atoms with Crippen molar-refractivity contribution in [3.8, 4) is 0 Å². The topological polar surface area (TPSA) is 101 Å². The SMILES string of the molecule is NCCCC(=O)C(O)C(=O)O. The summed E-state index contributed by atoms with van der Waals surface area (Å²) in [6.45, 7) is 0.318. The quantitative estimate of drug-likeness (QED) is 0.437. The van der Waals surface area contributed by atoms with Crippen molar-refractivity contribution in [1.29, 1.82) is 0 Å². The summed E-state index contributed by atoms with van der Waals surface area (Å²) in [5.41, 5.74) is 5.07. The highest BCUT2D eigenvalue weighted by atomic mass is 16.4. The molecule has 11 heavy (non-hydrogen) atoms. The fraction of sp³-hybridized carbons (Fsp3) is 0.667. The number of carbonyl (C=O) groups excluding carboxylic acids is 1. The summed E-state index contributed by atoms with van der Waals surface area (Å²) in [4.78, 5) is 20.7. The number of aliphatic hydroxyl groups excluding tert-OH is 1. The lowest BCUT2D eigenvalue weighted by atomic mass is 10.1. The van der Waals surface area contributed by atoms with Crippen LogP contribution in [0.3, 0.4) is 0 Å². The number of carboxylic acid groups (broad SMARTS) is 1. The van der Waals surface area contributed by atoms with E-state index in [1.54, 1.807) is 0 Å². The van der Waals surface area contributed by atoms with Gasteiger partial charge < -0.3 is 15.9 Å². The van der Waals surface area contributed by atoms with E-state index >= 15 is 0 Å². The van der Waals surface area contributed by atoms with Gasteiger partial charge >= 0.3 is 5.97 Å². The normalized spacial score (nSPS) is 12.5. The Morgan fingerprint density at radius 3 is 2.36 bits per heavy atom. The van der Waals surface area contributed by atoms with Gasteiger partial charge in [0, 0.05) is 6.42 Å². The number of ketones is 1. The molecule has 1 unspecified atom stereocenters. The molecule has 0 amide bonds. The smallest absolute Gasteiger partial charge is 0.340 e. The van der Waals surface area contributed by atoms with Crippen LogP contribution in [0, 0.1) is 0 Å². The molecular weight excluding hydrogens is 150 g/mol. The minimum Gasteiger partial charge on any atom is -0.479 e. The zero-order valence-electron chi connectivity index (χ0n) is 5.99. The first-order valence-corrected chi connectivity index (χ1v) is 3.23. The molecule has 0 saturated heterocycles. The van der Waals surface area contributed by atoms with Crippen LogP contribution in [0.1, 0.15) is 12.8 Å². The number of rotatable bonds is 5. The Labute approximate surface area is 63.8 Å². The number of aliphatic hydroxyl groups is 1. The molecule has 0 aromatic rings. The van der Waals surface area contributed by atoms with E-state index in [0.29, 0.717) is 13.0 Å². The van der Waals surface area contributed by atoms with Gasteiger partial charge in [-0.05, 0) is 13.0 Å². The van der Waals surface area contributed by atoms with Crippen LogP contribution in [-0.4, -0.2) is 34.6 Å². The summed E-state index contributed by atoms with van der Waals surface area (Å²) in [7, 11) is 0. The molecule has 1 atom stereocenters. The Morgan fingerprint density at radius 2 is 2.00 bits per heavy atom. The van der Waals surface area contributed by atoms with E-state index in [9.17, 15) is 9.59 Å². The number of Topliss-reactive ketones (excluding diaryl/α,β-unsaturated/α-hetero) is 1. The molecule has 5 nitrogen and oxygen atoms in total. The van der Waals surface area contributed by atoms with Crippen LogP contribution in [0.5, 0.6) is 0 Å². The second kappa shape index (κ2) is 4.81. The van der Waals surface area contributed by atoms with E-state index in [1.165, 1.54) is 0 Å². The monoisotopic (exact) mass is 161 g/mol. The summed E-state index contributed by atoms with van der Waals surface area (Å²) >= 11 is 0. The number of hydrogen-bond acceptors (Lipinski definition) is 4. The predicted molar refractivity (Wildman–Crippen MR) is 36.9 cm³/mol. The van der Waals surface area contributed by atoms with E-state index in [-0.39, 0.29) is 6.42 Å². The van der Waals surface area contributed by atoms with Crippen LogP contribution in [0.4, 0.5) is 0 Å². The maximum Gasteiger partial charge on any atom is 0.340 e. The van der Waals surface area contributed by atoms with Crippen LogP contribution >= 0.6 is 0 Å². The molecular formula is C6H11NO4. The van der Waals surface area contributed by atoms with Gasteiger partial charge in [-0.2, -0.15) is 0 Å². The molecule has 0 bridgehead atoms. The Bertz CT molecular complexity index is 157. The second-order valence-corrected chi connectivity index (χ2v) is 2.10. The molecule has 0 aromatic carbocycles. The van der Waals surface area contributed by atoms with Gasteiger partial charge in [0.25, 0.3) is 0 Å². The van der Waals surface area contributed by atoms with Crippen LogP contribution < -0.4 is 5.73 Å². The van der Waals surface area contributed by atoms with Gasteiger partial charge in [0.2, 0.25) is 6.10 Å². The zero-order chi connectivity index (χ0) is 8.85. The van der Waals surface area contributed by atoms with E-state index < -0.39 is 17.9 Å². The van der Waals surface area contributed by atoms with Gasteiger partial charge in [0.1, 0.15) is 0 Å². The summed E-state index contributed by atoms with van der Waals surface area (Å²) in [6, 6.07) is 0. The van der Waals surface area contributed by atoms with Crippen LogP contribution in [0.25, 0.3) is 0 Å². The van der Waals surface area contributed by atoms with Gasteiger partial charge in [0.05, 0.1) is 0 Å². The summed E-state index contributed by atoms with van der Waals surface area (Å²) in [6.07, 6.45) is -1.46. The van der Waals surface area contributed by atoms with Gasteiger partial charge in [-0.25, -0.2) is 4.79 Å². The number of nitrogens with two attached hydrogens (primary N) is 1. The number of hydrogen-bond donors (Lipinski definition) is 3. The van der Waals surface area contributed by atoms with Crippen molar-refractivity contribution in [2.24, 2.45) is 5.73 Å². The van der Waals surface area contributed by atoms with E-state index in [1.807, 2.05) is 0 Å². The molecule has 0 aromatic heterocycles. The van der Waals surface area contributed by atoms with Crippen molar-refractivity contribution in [3.63, 3.8) is 0 Å². The lowest BCUT2D eigenvalue weighted by molar-refractivity contribution is -0.152. The van der Waals surface area contributed by atoms with Crippen molar-refractivity contribution in [2.75, 3.05) is 6.54 Å². The lowest BCUT2D eigenvalue weighted by Crippen LogP contribution is -2.29. The van der Waals surface area contributed by atoms with Crippen molar-refractivity contribution in [2.45, 2.75) is 18.9 Å². The highest BCUT2D eigenvalue weighted by molar-refractivity contribution is 6.00. The molecule has 0 aliphatic carbocycles. The fourth-order valence-corrected chi connectivity index (χ4v) is 0.551. The average molecular weight is 161 g/mol. The maximum absolute atomic E-state index is 10.7. The first-order valence-electron chi connectivity index (χ1n) is 3.23. The molecule has 0 aliphatic rings. The van der Waals surface area contributed by atoms with Crippen LogP contribution in [0.2, 0.25) is 0 Å². The van der Waals surface area contributed by atoms with Gasteiger partial charge in [-0.15, -0.1) is 0 Å². The van der Waals surface area contributed by atoms with Crippen LogP contribution in [-0.2, 0) is 9.59 Å². The number of carboxylic acids is 1. The number of aliphatic carboxylic acids is 1. The van der Waals surface area contributed by atoms with Gasteiger partial charge in [0.15, 0.2) is 5.78 Å². The Morgan fingerprint density at radius 1 is 1.45 bits per heavy atom. The summed E-state index contributed by atoms with van der Waals surface area (Å²) in [5, 5.41) is 16.8. The molecule has 0 saturated carbocycles. The van der Waals surface area contributed by atoms with Gasteiger partial charge in [-0.3, -0.25) is 4.79 Å². The minimum atomic E-state index is -1.89. The third-order valence-electron chi connectivity index (χ3n) is 1.17. The molecule has 0 rings (SSSR count). The van der Waals surface area contributed by atoms with E-state index in [2.05, 4.69) is 0 Å². The molecule has 4 N–H and O–H groups in total. The van der Waals surface area contributed by atoms with Crippen LogP contribution in [0.15, 0.2) is 0 Å². The Kier molecular flexibility index (Phi) is 4.40. The molecule has 0 spiro atoms. The lowest BCUT2D eigenvalue weighted by Gasteiger charge is -2.02. The second-order valence-electron chi connectivity index (χ2n) is 2.10. The standard InChI is InChI=1S/C6H11NO4/c7-3-1-2-4(8)5(9)6(10)11/h5,9H,1-3,7H2,(H,10,11). The van der Waals surface area contributed by atoms with Crippen molar-refractivity contribution >= 4 is 11.8 Å². The molecule has 5 heteroatoms. The molecule has 0 fully saturated rings. The highest BCUT2D eigenvalue weighted by Gasteiger charge is 2.21. The van der Waals surface area contributed by atoms with E-state index in [0.717, 1.165) is 0 Å². The largest absolute Gasteiger partial charge is 0.479 e. The van der Waals surface area contributed by atoms with Gasteiger partial charge in [-0.1, -0.05) is 0 Å². The Balaban J connectivity index is 3.74. The molecule has 64 valence electrons. The van der Waals surface area contributed by atoms with E-state index in [4.69, 9.17) is 15.9 Å². The highest BCUT2D eigenvalue weighted by Crippen LogP contribution is 1.94. The zero-order valence-corrected chi connectivity index (χ0v) is 5.99. The number of carbonyl (C=O) groups is 2. The average Bonchev–Trinajstić information content (AvgIpc) is 1.98. The maximum atomic E-state index is 10.7. The molecule has 0 radical (unpaired) electrons. The Hall–Kier alpha value is -0.940. The van der Waals surface area contributed by atoms with Crippen molar-refractivity contribution < 1.29 is 19.8 Å². The first kappa shape index (κ1) is 10.1. The fourth-order valence-electron chi connectivity index (χ4n) is 0.551. The molecule has 0 heterocycles. The third kappa shape index (κ3) is 3.69. The minimum absolute atomic E-state index is 0.0178. The summed E-state index contributed by atoms with van der Waals surface area (Å²) < 4.78 is 0. The van der Waals surface area contributed by atoms with Crippen molar-refractivity contribution in [1.82, 2.24) is 0 Å². The summed E-state index contributed by atoms with van der Waals surface area (Å²) in [5.74, 6) is -2.20. The predicted octanol–water partition coefficient (Wildman–Crippen LogP) is -1.26. The molecule has 0 aliphatic heterocycles. The first-order chi connectivity index (χ1) is 5.09.